The van der Waals surface area contributed by atoms with E-state index in [9.17, 15) is 19.8 Å². The molecule has 6 heteroatoms. The van der Waals surface area contributed by atoms with Gasteiger partial charge in [-0.25, -0.2) is 0 Å². The summed E-state index contributed by atoms with van der Waals surface area (Å²) >= 11 is 0. The predicted octanol–water partition coefficient (Wildman–Crippen LogP) is 19.7. The number of carbonyl (C=O) groups excluding carboxylic acids is 2. The quantitative estimate of drug-likeness (QED) is 0.0321. The molecule has 0 heterocycles. The van der Waals surface area contributed by atoms with Gasteiger partial charge in [0.2, 0.25) is 5.91 Å². The third-order valence-corrected chi connectivity index (χ3v) is 14.3. The van der Waals surface area contributed by atoms with Crippen LogP contribution in [0.4, 0.5) is 0 Å². The van der Waals surface area contributed by atoms with Crippen LogP contribution in [0.25, 0.3) is 0 Å². The minimum atomic E-state index is -0.854. The average molecular weight is 997 g/mol. The van der Waals surface area contributed by atoms with Crippen LogP contribution in [0.3, 0.4) is 0 Å². The molecule has 0 rings (SSSR count). The number of hydrogen-bond donors (Lipinski definition) is 3. The Balaban J connectivity index is 3.47. The highest BCUT2D eigenvalue weighted by atomic mass is 16.5. The van der Waals surface area contributed by atoms with Crippen molar-refractivity contribution in [2.75, 3.05) is 13.2 Å². The zero-order valence-electron chi connectivity index (χ0n) is 47.5. The van der Waals surface area contributed by atoms with Gasteiger partial charge in [0, 0.05) is 12.8 Å². The molecule has 0 aromatic carbocycles. The fraction of sp³-hybridized carbons (Fsp3) is 0.846. The molecule has 6 nitrogen and oxygen atoms in total. The Morgan fingerprint density at radius 3 is 1.11 bits per heavy atom. The number of ether oxygens (including phenoxy) is 1. The molecular weight excluding hydrogens is 875 g/mol. The van der Waals surface area contributed by atoms with Gasteiger partial charge in [0.1, 0.15) is 0 Å². The number of rotatable bonds is 58. The molecule has 0 radical (unpaired) electrons. The minimum absolute atomic E-state index is 0.00177. The van der Waals surface area contributed by atoms with Gasteiger partial charge >= 0.3 is 5.97 Å². The predicted molar refractivity (Wildman–Crippen MR) is 310 cm³/mol. The summed E-state index contributed by atoms with van der Waals surface area (Å²) in [5.41, 5.74) is 0. The van der Waals surface area contributed by atoms with E-state index in [4.69, 9.17) is 4.74 Å². The van der Waals surface area contributed by atoms with Gasteiger partial charge in [-0.1, -0.05) is 274 Å². The van der Waals surface area contributed by atoms with Crippen LogP contribution < -0.4 is 5.32 Å². The summed E-state index contributed by atoms with van der Waals surface area (Å²) in [5.74, 6) is -0.0830. The van der Waals surface area contributed by atoms with Gasteiger partial charge in [0.15, 0.2) is 0 Å². The summed E-state index contributed by atoms with van der Waals surface area (Å²) in [6, 6.07) is -0.639. The van der Waals surface area contributed by atoms with Crippen LogP contribution in [0.2, 0.25) is 0 Å². The number of unbranched alkanes of at least 4 members (excludes halogenated alkanes) is 41. The van der Waals surface area contributed by atoms with Crippen molar-refractivity contribution in [3.8, 4) is 0 Å². The van der Waals surface area contributed by atoms with Crippen molar-refractivity contribution in [3.05, 3.63) is 48.6 Å². The van der Waals surface area contributed by atoms with Crippen LogP contribution in [0.1, 0.15) is 328 Å². The summed E-state index contributed by atoms with van der Waals surface area (Å²) in [6.45, 7) is 4.87. The number of esters is 1. The standard InChI is InChI=1S/C65H121NO5/c1-3-5-7-9-11-13-15-17-19-21-22-27-31-35-39-43-47-51-55-59-65(70)71-60-56-52-48-44-40-36-32-28-24-23-26-30-34-38-42-46-50-54-58-64(69)66-62(61-67)63(68)57-53-49-45-41-37-33-29-25-20-18-16-14-12-10-8-6-4-2/h11,13,17,19,26,30,53,57,62-63,67-68H,3-10,12,14-16,18,20-25,27-29,31-52,54-56,58-61H2,1-2H3,(H,66,69)/b13-11-,19-17-,30-26-,57-53+. The molecule has 416 valence electrons. The minimum Gasteiger partial charge on any atom is -0.466 e. The smallest absolute Gasteiger partial charge is 0.305 e. The van der Waals surface area contributed by atoms with Crippen molar-refractivity contribution in [2.45, 2.75) is 341 Å². The second kappa shape index (κ2) is 60.4. The van der Waals surface area contributed by atoms with E-state index in [-0.39, 0.29) is 18.5 Å². The first-order chi connectivity index (χ1) is 35.0. The Kier molecular flexibility index (Phi) is 58.5. The number of nitrogens with one attached hydrogen (secondary N) is 1. The molecule has 0 fully saturated rings. The first-order valence-corrected chi connectivity index (χ1v) is 31.4. The van der Waals surface area contributed by atoms with Crippen molar-refractivity contribution in [1.82, 2.24) is 5.32 Å². The van der Waals surface area contributed by atoms with E-state index < -0.39 is 12.1 Å². The molecule has 71 heavy (non-hydrogen) atoms. The Labute approximate surface area is 442 Å². The normalized spacial score (nSPS) is 12.9. The van der Waals surface area contributed by atoms with Gasteiger partial charge in [-0.3, -0.25) is 9.59 Å². The van der Waals surface area contributed by atoms with Crippen LogP contribution in [0.15, 0.2) is 48.6 Å². The summed E-state index contributed by atoms with van der Waals surface area (Å²) < 4.78 is 5.49. The molecule has 0 saturated heterocycles. The van der Waals surface area contributed by atoms with Crippen molar-refractivity contribution in [2.24, 2.45) is 0 Å². The van der Waals surface area contributed by atoms with Crippen LogP contribution in [0, 0.1) is 0 Å². The number of aliphatic hydroxyl groups excluding tert-OH is 2. The van der Waals surface area contributed by atoms with Crippen LogP contribution in [0.5, 0.6) is 0 Å². The maximum atomic E-state index is 12.5. The maximum Gasteiger partial charge on any atom is 0.305 e. The number of hydrogen-bond acceptors (Lipinski definition) is 5. The summed E-state index contributed by atoms with van der Waals surface area (Å²) in [7, 11) is 0. The zero-order valence-corrected chi connectivity index (χ0v) is 47.5. The summed E-state index contributed by atoms with van der Waals surface area (Å²) in [5, 5.41) is 23.1. The SMILES string of the molecule is CCCCC/C=C\C/C=C\CCCCCCCCCCCC(=O)OCCCCCCCCCCC/C=C\CCCCCCCC(=O)NC(CO)C(O)/C=C/CCCCCCCCCCCCCCCCC. The number of amides is 1. The van der Waals surface area contributed by atoms with E-state index >= 15 is 0 Å². The van der Waals surface area contributed by atoms with Crippen molar-refractivity contribution >= 4 is 11.9 Å². The topological polar surface area (TPSA) is 95.9 Å². The second-order valence-electron chi connectivity index (χ2n) is 21.4. The lowest BCUT2D eigenvalue weighted by molar-refractivity contribution is -0.143. The van der Waals surface area contributed by atoms with E-state index in [2.05, 4.69) is 55.6 Å². The van der Waals surface area contributed by atoms with Crippen LogP contribution >= 0.6 is 0 Å². The summed E-state index contributed by atoms with van der Waals surface area (Å²) in [6.07, 6.45) is 77.1. The highest BCUT2D eigenvalue weighted by Gasteiger charge is 2.18. The van der Waals surface area contributed by atoms with Gasteiger partial charge in [-0.05, 0) is 89.9 Å². The number of carbonyl (C=O) groups is 2. The Hall–Kier alpha value is -2.18. The Bertz CT molecular complexity index is 1190. The van der Waals surface area contributed by atoms with Crippen LogP contribution in [-0.2, 0) is 14.3 Å². The Morgan fingerprint density at radius 2 is 0.704 bits per heavy atom. The molecule has 1 amide bonds. The lowest BCUT2D eigenvalue weighted by Crippen LogP contribution is -2.45. The van der Waals surface area contributed by atoms with Crippen molar-refractivity contribution in [1.29, 1.82) is 0 Å². The number of aliphatic hydroxyl groups is 2. The van der Waals surface area contributed by atoms with Gasteiger partial charge in [-0.15, -0.1) is 0 Å². The van der Waals surface area contributed by atoms with Crippen molar-refractivity contribution < 1.29 is 24.5 Å². The van der Waals surface area contributed by atoms with E-state index in [1.807, 2.05) is 6.08 Å². The molecule has 0 spiro atoms. The first kappa shape index (κ1) is 68.8. The molecule has 0 aromatic heterocycles. The second-order valence-corrected chi connectivity index (χ2v) is 21.4. The highest BCUT2D eigenvalue weighted by molar-refractivity contribution is 5.76. The molecule has 0 saturated carbocycles. The molecular formula is C65H121NO5. The molecule has 0 aliphatic carbocycles. The van der Waals surface area contributed by atoms with E-state index in [0.717, 1.165) is 70.6 Å². The van der Waals surface area contributed by atoms with Crippen LogP contribution in [-0.4, -0.2) is 47.4 Å². The molecule has 3 N–H and O–H groups in total. The van der Waals surface area contributed by atoms with Gasteiger partial charge < -0.3 is 20.3 Å². The van der Waals surface area contributed by atoms with Gasteiger partial charge in [0.05, 0.1) is 25.4 Å². The lowest BCUT2D eigenvalue weighted by atomic mass is 10.0. The van der Waals surface area contributed by atoms with E-state index in [1.54, 1.807) is 6.08 Å². The third-order valence-electron chi connectivity index (χ3n) is 14.3. The maximum absolute atomic E-state index is 12.5. The average Bonchev–Trinajstić information content (AvgIpc) is 3.37. The molecule has 2 unspecified atom stereocenters. The van der Waals surface area contributed by atoms with E-state index in [0.29, 0.717) is 19.4 Å². The molecule has 0 bridgehead atoms. The zero-order chi connectivity index (χ0) is 51.4. The third kappa shape index (κ3) is 57.0. The lowest BCUT2D eigenvalue weighted by Gasteiger charge is -2.20. The van der Waals surface area contributed by atoms with E-state index in [1.165, 1.54) is 231 Å². The monoisotopic (exact) mass is 996 g/mol. The van der Waals surface area contributed by atoms with Gasteiger partial charge in [0.25, 0.3) is 0 Å². The molecule has 0 aromatic rings. The molecule has 0 aliphatic rings. The fourth-order valence-corrected chi connectivity index (χ4v) is 9.48. The largest absolute Gasteiger partial charge is 0.466 e. The fourth-order valence-electron chi connectivity index (χ4n) is 9.48. The molecule has 0 aliphatic heterocycles. The van der Waals surface area contributed by atoms with Gasteiger partial charge in [-0.2, -0.15) is 0 Å². The Morgan fingerprint density at radius 1 is 0.394 bits per heavy atom. The first-order valence-electron chi connectivity index (χ1n) is 31.4. The number of allylic oxidation sites excluding steroid dienone is 7. The summed E-state index contributed by atoms with van der Waals surface area (Å²) in [4.78, 5) is 24.6. The highest BCUT2D eigenvalue weighted by Crippen LogP contribution is 2.17. The molecule has 2 atom stereocenters. The van der Waals surface area contributed by atoms with Crippen molar-refractivity contribution in [3.63, 3.8) is 0 Å².